The summed E-state index contributed by atoms with van der Waals surface area (Å²) in [7, 11) is 1.61. The molecule has 0 atom stereocenters. The monoisotopic (exact) mass is 375 g/mol. The summed E-state index contributed by atoms with van der Waals surface area (Å²) >= 11 is 0. The van der Waals surface area contributed by atoms with Gasteiger partial charge in [0.1, 0.15) is 18.0 Å². The predicted octanol–water partition coefficient (Wildman–Crippen LogP) is 3.25. The fraction of sp³-hybridized carbons (Fsp3) is 0.100. The first-order valence-electron chi connectivity index (χ1n) is 8.56. The van der Waals surface area contributed by atoms with Gasteiger partial charge in [-0.05, 0) is 36.4 Å². The molecule has 0 aliphatic carbocycles. The van der Waals surface area contributed by atoms with Crippen LogP contribution in [-0.2, 0) is 11.3 Å². The van der Waals surface area contributed by atoms with E-state index in [9.17, 15) is 4.79 Å². The molecule has 28 heavy (non-hydrogen) atoms. The molecule has 2 aromatic carbocycles. The maximum atomic E-state index is 12.1. The molecule has 140 valence electrons. The molecule has 2 heterocycles. The van der Waals surface area contributed by atoms with Crippen molar-refractivity contribution in [2.45, 2.75) is 6.54 Å². The molecule has 0 fully saturated rings. The third kappa shape index (κ3) is 3.90. The molecular formula is C20H17N5O3. The van der Waals surface area contributed by atoms with Gasteiger partial charge in [0, 0.05) is 17.4 Å². The molecule has 0 spiro atoms. The SMILES string of the molecule is COc1ccc(-c2nc(-c3cn(CC(=O)Nc4ccccc4)cn3)no2)cc1. The van der Waals surface area contributed by atoms with E-state index >= 15 is 0 Å². The molecule has 8 nitrogen and oxygen atoms in total. The maximum Gasteiger partial charge on any atom is 0.258 e. The van der Waals surface area contributed by atoms with Gasteiger partial charge in [-0.25, -0.2) is 4.98 Å². The number of hydrogen-bond acceptors (Lipinski definition) is 6. The summed E-state index contributed by atoms with van der Waals surface area (Å²) in [6, 6.07) is 16.6. The number of anilines is 1. The summed E-state index contributed by atoms with van der Waals surface area (Å²) in [5.74, 6) is 1.33. The number of nitrogens with one attached hydrogen (secondary N) is 1. The highest BCUT2D eigenvalue weighted by Gasteiger charge is 2.14. The summed E-state index contributed by atoms with van der Waals surface area (Å²) in [4.78, 5) is 20.8. The highest BCUT2D eigenvalue weighted by molar-refractivity contribution is 5.90. The van der Waals surface area contributed by atoms with E-state index in [1.54, 1.807) is 24.2 Å². The second-order valence-electron chi connectivity index (χ2n) is 6.00. The highest BCUT2D eigenvalue weighted by atomic mass is 16.5. The molecule has 0 unspecified atom stereocenters. The van der Waals surface area contributed by atoms with Crippen molar-refractivity contribution in [3.05, 3.63) is 67.1 Å². The third-order valence-corrected chi connectivity index (χ3v) is 4.01. The number of methoxy groups -OCH3 is 1. The third-order valence-electron chi connectivity index (χ3n) is 4.01. The van der Waals surface area contributed by atoms with E-state index in [1.807, 2.05) is 54.6 Å². The van der Waals surface area contributed by atoms with Crippen molar-refractivity contribution < 1.29 is 14.1 Å². The number of hydrogen-bond donors (Lipinski definition) is 1. The Bertz CT molecular complexity index is 1070. The molecule has 2 aromatic heterocycles. The van der Waals surface area contributed by atoms with E-state index in [-0.39, 0.29) is 12.5 Å². The molecule has 0 aliphatic rings. The normalized spacial score (nSPS) is 10.6. The molecular weight excluding hydrogens is 358 g/mol. The lowest BCUT2D eigenvalue weighted by Crippen LogP contribution is -2.17. The van der Waals surface area contributed by atoms with Crippen LogP contribution in [0, 0.1) is 0 Å². The quantitative estimate of drug-likeness (QED) is 0.556. The minimum absolute atomic E-state index is 0.130. The van der Waals surface area contributed by atoms with Gasteiger partial charge >= 0.3 is 0 Å². The van der Waals surface area contributed by atoms with E-state index in [0.29, 0.717) is 17.4 Å². The van der Waals surface area contributed by atoms with Crippen molar-refractivity contribution in [2.24, 2.45) is 0 Å². The van der Waals surface area contributed by atoms with E-state index in [0.717, 1.165) is 17.0 Å². The Kier molecular flexibility index (Phi) is 4.83. The van der Waals surface area contributed by atoms with E-state index in [1.165, 1.54) is 0 Å². The average Bonchev–Trinajstić information content (AvgIpc) is 3.38. The lowest BCUT2D eigenvalue weighted by atomic mass is 10.2. The molecule has 0 saturated carbocycles. The van der Waals surface area contributed by atoms with E-state index in [4.69, 9.17) is 9.26 Å². The summed E-state index contributed by atoms with van der Waals surface area (Å²) in [5, 5.41) is 6.80. The molecule has 0 saturated heterocycles. The van der Waals surface area contributed by atoms with Crippen LogP contribution in [0.5, 0.6) is 5.75 Å². The lowest BCUT2D eigenvalue weighted by molar-refractivity contribution is -0.116. The summed E-state index contributed by atoms with van der Waals surface area (Å²) < 4.78 is 12.1. The minimum Gasteiger partial charge on any atom is -0.497 e. The number of amides is 1. The summed E-state index contributed by atoms with van der Waals surface area (Å²) in [6.07, 6.45) is 3.26. The van der Waals surface area contributed by atoms with E-state index < -0.39 is 0 Å². The average molecular weight is 375 g/mol. The number of ether oxygens (including phenoxy) is 1. The fourth-order valence-electron chi connectivity index (χ4n) is 2.63. The molecule has 0 radical (unpaired) electrons. The number of para-hydroxylation sites is 1. The van der Waals surface area contributed by atoms with Crippen molar-refractivity contribution >= 4 is 11.6 Å². The standard InChI is InChI=1S/C20H17N5O3/c1-27-16-9-7-14(8-10-16)20-23-19(24-28-20)17-11-25(13-21-17)12-18(26)22-15-5-3-2-4-6-15/h2-11,13H,12H2,1H3,(H,22,26). The summed E-state index contributed by atoms with van der Waals surface area (Å²) in [5.41, 5.74) is 2.05. The van der Waals surface area contributed by atoms with Crippen LogP contribution in [0.3, 0.4) is 0 Å². The topological polar surface area (TPSA) is 95.1 Å². The molecule has 4 rings (SSSR count). The van der Waals surface area contributed by atoms with Gasteiger partial charge in [-0.3, -0.25) is 4.79 Å². The van der Waals surface area contributed by atoms with Crippen molar-refractivity contribution in [3.63, 3.8) is 0 Å². The largest absolute Gasteiger partial charge is 0.497 e. The summed E-state index contributed by atoms with van der Waals surface area (Å²) in [6.45, 7) is 0.130. The van der Waals surface area contributed by atoms with Crippen LogP contribution >= 0.6 is 0 Å². The number of carbonyl (C=O) groups excluding carboxylic acids is 1. The number of carbonyl (C=O) groups is 1. The Hall–Kier alpha value is -3.94. The van der Waals surface area contributed by atoms with Gasteiger partial charge in [-0.1, -0.05) is 23.4 Å². The van der Waals surface area contributed by atoms with Gasteiger partial charge in [0.15, 0.2) is 0 Å². The van der Waals surface area contributed by atoms with Gasteiger partial charge in [0.2, 0.25) is 11.7 Å². The fourth-order valence-corrected chi connectivity index (χ4v) is 2.63. The van der Waals surface area contributed by atoms with Crippen molar-refractivity contribution in [1.29, 1.82) is 0 Å². The number of benzene rings is 2. The Morgan fingerprint density at radius 1 is 1.14 bits per heavy atom. The Balaban J connectivity index is 1.44. The molecule has 4 aromatic rings. The molecule has 1 N–H and O–H groups in total. The van der Waals surface area contributed by atoms with Crippen LogP contribution in [-0.4, -0.2) is 32.7 Å². The molecule has 0 bridgehead atoms. The zero-order chi connectivity index (χ0) is 19.3. The molecule has 8 heteroatoms. The van der Waals surface area contributed by atoms with Crippen LogP contribution in [0.2, 0.25) is 0 Å². The number of nitrogens with zero attached hydrogens (tertiary/aromatic N) is 4. The molecule has 0 aliphatic heterocycles. The van der Waals surface area contributed by atoms with Crippen LogP contribution in [0.15, 0.2) is 71.6 Å². The van der Waals surface area contributed by atoms with Gasteiger partial charge in [0.25, 0.3) is 5.89 Å². The Morgan fingerprint density at radius 2 is 1.93 bits per heavy atom. The van der Waals surface area contributed by atoms with Crippen LogP contribution in [0.1, 0.15) is 0 Å². The van der Waals surface area contributed by atoms with Crippen molar-refractivity contribution in [2.75, 3.05) is 12.4 Å². The van der Waals surface area contributed by atoms with Crippen molar-refractivity contribution in [3.8, 4) is 28.7 Å². The number of imidazole rings is 1. The lowest BCUT2D eigenvalue weighted by Gasteiger charge is -2.04. The Morgan fingerprint density at radius 3 is 2.68 bits per heavy atom. The zero-order valence-electron chi connectivity index (χ0n) is 15.1. The maximum absolute atomic E-state index is 12.1. The highest BCUT2D eigenvalue weighted by Crippen LogP contribution is 2.23. The van der Waals surface area contributed by atoms with Crippen molar-refractivity contribution in [1.82, 2.24) is 19.7 Å². The van der Waals surface area contributed by atoms with Gasteiger partial charge in [-0.15, -0.1) is 0 Å². The molecule has 1 amide bonds. The predicted molar refractivity (Wildman–Crippen MR) is 103 cm³/mol. The number of aromatic nitrogens is 4. The Labute approximate surface area is 160 Å². The van der Waals surface area contributed by atoms with Gasteiger partial charge in [0.05, 0.1) is 13.4 Å². The minimum atomic E-state index is -0.151. The second-order valence-corrected chi connectivity index (χ2v) is 6.00. The zero-order valence-corrected chi connectivity index (χ0v) is 15.1. The first-order valence-corrected chi connectivity index (χ1v) is 8.56. The van der Waals surface area contributed by atoms with E-state index in [2.05, 4.69) is 20.4 Å². The second kappa shape index (κ2) is 7.75. The van der Waals surface area contributed by atoms with Crippen LogP contribution in [0.25, 0.3) is 23.0 Å². The van der Waals surface area contributed by atoms with Crippen LogP contribution in [0.4, 0.5) is 5.69 Å². The van der Waals surface area contributed by atoms with Crippen LogP contribution < -0.4 is 10.1 Å². The smallest absolute Gasteiger partial charge is 0.258 e. The van der Waals surface area contributed by atoms with Gasteiger partial charge < -0.3 is 19.1 Å². The first kappa shape index (κ1) is 17.5. The first-order chi connectivity index (χ1) is 13.7. The number of rotatable bonds is 6. The van der Waals surface area contributed by atoms with Gasteiger partial charge in [-0.2, -0.15) is 4.98 Å².